The maximum atomic E-state index is 9.15. The number of aryl methyl sites for hydroxylation is 1. The summed E-state index contributed by atoms with van der Waals surface area (Å²) < 4.78 is 5.39. The van der Waals surface area contributed by atoms with Gasteiger partial charge in [0.25, 0.3) is 0 Å². The first-order chi connectivity index (χ1) is 8.64. The fourth-order valence-electron chi connectivity index (χ4n) is 2.17. The van der Waals surface area contributed by atoms with E-state index in [1.807, 2.05) is 13.0 Å². The van der Waals surface area contributed by atoms with E-state index in [1.165, 1.54) is 0 Å². The Morgan fingerprint density at radius 3 is 2.89 bits per heavy atom. The summed E-state index contributed by atoms with van der Waals surface area (Å²) in [6.07, 6.45) is 3.84. The summed E-state index contributed by atoms with van der Waals surface area (Å²) in [6, 6.07) is 4.08. The maximum Gasteiger partial charge on any atom is 0.144 e. The van der Waals surface area contributed by atoms with Crippen molar-refractivity contribution in [3.63, 3.8) is 0 Å². The lowest BCUT2D eigenvalue weighted by Crippen LogP contribution is -2.33. The highest BCUT2D eigenvalue weighted by molar-refractivity contribution is 5.55. The van der Waals surface area contributed by atoms with Gasteiger partial charge < -0.3 is 10.1 Å². The minimum Gasteiger partial charge on any atom is -0.381 e. The summed E-state index contributed by atoms with van der Waals surface area (Å²) in [5.41, 5.74) is 1.84. The zero-order valence-electron chi connectivity index (χ0n) is 11.0. The van der Waals surface area contributed by atoms with Crippen molar-refractivity contribution in [2.75, 3.05) is 25.1 Å². The number of nitrogens with one attached hydrogen (secondary N) is 1. The predicted molar refractivity (Wildman–Crippen MR) is 70.3 cm³/mol. The van der Waals surface area contributed by atoms with Crippen LogP contribution in [0.1, 0.15) is 30.9 Å². The van der Waals surface area contributed by atoms with Gasteiger partial charge in [-0.25, -0.2) is 4.98 Å². The molecule has 0 saturated carbocycles. The third-order valence-corrected chi connectivity index (χ3v) is 3.65. The number of rotatable bonds is 3. The fourth-order valence-corrected chi connectivity index (χ4v) is 2.17. The minimum absolute atomic E-state index is 0.233. The van der Waals surface area contributed by atoms with Gasteiger partial charge in [-0.05, 0) is 36.8 Å². The van der Waals surface area contributed by atoms with Crippen molar-refractivity contribution in [3.05, 3.63) is 23.4 Å². The van der Waals surface area contributed by atoms with Crippen molar-refractivity contribution in [2.45, 2.75) is 26.7 Å². The zero-order chi connectivity index (χ0) is 13.0. The Balaban J connectivity index is 2.06. The van der Waals surface area contributed by atoms with Gasteiger partial charge in [0.2, 0.25) is 0 Å². The fraction of sp³-hybridized carbons (Fsp3) is 0.571. The molecule has 18 heavy (non-hydrogen) atoms. The highest BCUT2D eigenvalue weighted by Crippen LogP contribution is 2.30. The molecule has 1 aromatic rings. The molecule has 1 aliphatic heterocycles. The second kappa shape index (κ2) is 5.36. The van der Waals surface area contributed by atoms with Crippen LogP contribution in [0.4, 0.5) is 5.82 Å². The van der Waals surface area contributed by atoms with E-state index in [0.29, 0.717) is 11.4 Å². The lowest BCUT2D eigenvalue weighted by atomic mass is 9.82. The Hall–Kier alpha value is -1.60. The molecule has 0 atom stereocenters. The number of hydrogen-bond donors (Lipinski definition) is 1. The monoisotopic (exact) mass is 245 g/mol. The van der Waals surface area contributed by atoms with Crippen LogP contribution in [0.3, 0.4) is 0 Å². The summed E-state index contributed by atoms with van der Waals surface area (Å²) in [6.45, 7) is 6.67. The van der Waals surface area contributed by atoms with Gasteiger partial charge in [0.1, 0.15) is 11.9 Å². The molecule has 4 heteroatoms. The highest BCUT2D eigenvalue weighted by atomic mass is 16.5. The molecular weight excluding hydrogens is 226 g/mol. The van der Waals surface area contributed by atoms with Gasteiger partial charge in [0, 0.05) is 26.0 Å². The van der Waals surface area contributed by atoms with E-state index < -0.39 is 0 Å². The molecule has 1 fully saturated rings. The van der Waals surface area contributed by atoms with Crippen molar-refractivity contribution in [2.24, 2.45) is 5.41 Å². The maximum absolute atomic E-state index is 9.15. The molecule has 96 valence electrons. The van der Waals surface area contributed by atoms with Gasteiger partial charge >= 0.3 is 0 Å². The largest absolute Gasteiger partial charge is 0.381 e. The Kier molecular flexibility index (Phi) is 3.83. The molecule has 4 nitrogen and oxygen atoms in total. The molecule has 0 amide bonds. The highest BCUT2D eigenvalue weighted by Gasteiger charge is 2.27. The van der Waals surface area contributed by atoms with Crippen molar-refractivity contribution in [3.8, 4) is 6.07 Å². The first kappa shape index (κ1) is 12.8. The minimum atomic E-state index is 0.233. The van der Waals surface area contributed by atoms with Gasteiger partial charge in [-0.15, -0.1) is 0 Å². The molecule has 2 heterocycles. The van der Waals surface area contributed by atoms with E-state index in [2.05, 4.69) is 23.3 Å². The number of ether oxygens (including phenoxy) is 1. The van der Waals surface area contributed by atoms with Gasteiger partial charge in [-0.1, -0.05) is 6.92 Å². The number of nitriles is 1. The van der Waals surface area contributed by atoms with E-state index in [4.69, 9.17) is 10.00 Å². The van der Waals surface area contributed by atoms with Crippen LogP contribution < -0.4 is 5.32 Å². The van der Waals surface area contributed by atoms with Gasteiger partial charge in [0.15, 0.2) is 0 Å². The molecule has 1 aromatic heterocycles. The number of anilines is 1. The topological polar surface area (TPSA) is 57.9 Å². The summed E-state index contributed by atoms with van der Waals surface area (Å²) >= 11 is 0. The first-order valence-electron chi connectivity index (χ1n) is 6.32. The Labute approximate surface area is 108 Å². The van der Waals surface area contributed by atoms with Gasteiger partial charge in [-0.3, -0.25) is 0 Å². The Morgan fingerprint density at radius 1 is 1.50 bits per heavy atom. The average molecular weight is 245 g/mol. The van der Waals surface area contributed by atoms with Gasteiger partial charge in [0.05, 0.1) is 5.56 Å². The summed E-state index contributed by atoms with van der Waals surface area (Å²) in [4.78, 5) is 4.26. The third-order valence-electron chi connectivity index (χ3n) is 3.65. The lowest BCUT2D eigenvalue weighted by Gasteiger charge is -2.33. The second-order valence-corrected chi connectivity index (χ2v) is 5.24. The molecule has 2 rings (SSSR count). The molecule has 1 saturated heterocycles. The van der Waals surface area contributed by atoms with E-state index in [0.717, 1.165) is 38.2 Å². The summed E-state index contributed by atoms with van der Waals surface area (Å²) in [5.74, 6) is 0.699. The normalized spacial score (nSPS) is 18.1. The second-order valence-electron chi connectivity index (χ2n) is 5.24. The summed E-state index contributed by atoms with van der Waals surface area (Å²) in [5, 5.41) is 12.5. The molecule has 0 aromatic carbocycles. The average Bonchev–Trinajstić information content (AvgIpc) is 2.37. The molecule has 0 radical (unpaired) electrons. The van der Waals surface area contributed by atoms with Crippen LogP contribution in [0, 0.1) is 23.7 Å². The van der Waals surface area contributed by atoms with Crippen LogP contribution >= 0.6 is 0 Å². The molecule has 0 bridgehead atoms. The van der Waals surface area contributed by atoms with Crippen LogP contribution in [0.5, 0.6) is 0 Å². The molecule has 1 aliphatic rings. The van der Waals surface area contributed by atoms with E-state index in [1.54, 1.807) is 6.20 Å². The van der Waals surface area contributed by atoms with E-state index in [9.17, 15) is 0 Å². The van der Waals surface area contributed by atoms with Crippen molar-refractivity contribution in [1.82, 2.24) is 4.98 Å². The standard InChI is InChI=1S/C14H19N3O/c1-11-3-6-16-13(12(11)9-15)17-10-14(2)4-7-18-8-5-14/h3,6H,4-5,7-8,10H2,1-2H3,(H,16,17). The SMILES string of the molecule is Cc1ccnc(NCC2(C)CCOCC2)c1C#N. The number of nitrogens with zero attached hydrogens (tertiary/aromatic N) is 2. The molecule has 0 spiro atoms. The van der Waals surface area contributed by atoms with Crippen LogP contribution in [0.2, 0.25) is 0 Å². The predicted octanol–water partition coefficient (Wildman–Crippen LogP) is 2.49. The lowest BCUT2D eigenvalue weighted by molar-refractivity contribution is 0.0300. The van der Waals surface area contributed by atoms with Crippen molar-refractivity contribution >= 4 is 5.82 Å². The van der Waals surface area contributed by atoms with Crippen molar-refractivity contribution < 1.29 is 4.74 Å². The van der Waals surface area contributed by atoms with Crippen LogP contribution in [-0.4, -0.2) is 24.7 Å². The molecule has 1 N–H and O–H groups in total. The first-order valence-corrected chi connectivity index (χ1v) is 6.32. The van der Waals surface area contributed by atoms with E-state index in [-0.39, 0.29) is 5.41 Å². The molecule has 0 unspecified atom stereocenters. The Morgan fingerprint density at radius 2 is 2.22 bits per heavy atom. The van der Waals surface area contributed by atoms with Crippen LogP contribution in [0.25, 0.3) is 0 Å². The van der Waals surface area contributed by atoms with Crippen molar-refractivity contribution in [1.29, 1.82) is 5.26 Å². The third kappa shape index (κ3) is 2.80. The smallest absolute Gasteiger partial charge is 0.144 e. The van der Waals surface area contributed by atoms with Crippen LogP contribution in [-0.2, 0) is 4.74 Å². The number of aromatic nitrogens is 1. The van der Waals surface area contributed by atoms with Gasteiger partial charge in [-0.2, -0.15) is 5.26 Å². The summed E-state index contributed by atoms with van der Waals surface area (Å²) in [7, 11) is 0. The zero-order valence-corrected chi connectivity index (χ0v) is 11.0. The number of hydrogen-bond acceptors (Lipinski definition) is 4. The van der Waals surface area contributed by atoms with E-state index >= 15 is 0 Å². The molecular formula is C14H19N3O. The molecule has 0 aliphatic carbocycles. The quantitative estimate of drug-likeness (QED) is 0.888. The number of pyridine rings is 1. The Bertz CT molecular complexity index is 459. The van der Waals surface area contributed by atoms with Crippen LogP contribution in [0.15, 0.2) is 12.3 Å².